The van der Waals surface area contributed by atoms with Crippen molar-refractivity contribution in [2.24, 2.45) is 0 Å². The largest absolute Gasteiger partial charge is 0.337 e. The molecule has 22 heavy (non-hydrogen) atoms. The van der Waals surface area contributed by atoms with E-state index >= 15 is 0 Å². The molecule has 114 valence electrons. The van der Waals surface area contributed by atoms with E-state index in [0.717, 1.165) is 29.4 Å². The lowest BCUT2D eigenvalue weighted by Crippen LogP contribution is -2.40. The Morgan fingerprint density at radius 2 is 1.82 bits per heavy atom. The molecule has 0 bridgehead atoms. The molecule has 0 saturated carbocycles. The van der Waals surface area contributed by atoms with Gasteiger partial charge in [-0.25, -0.2) is 0 Å². The van der Waals surface area contributed by atoms with Gasteiger partial charge in [0.1, 0.15) is 0 Å². The van der Waals surface area contributed by atoms with Crippen LogP contribution in [0.25, 0.3) is 0 Å². The summed E-state index contributed by atoms with van der Waals surface area (Å²) in [5, 5.41) is 0.627. The van der Waals surface area contributed by atoms with E-state index in [-0.39, 0.29) is 11.2 Å². The van der Waals surface area contributed by atoms with Crippen LogP contribution in [-0.2, 0) is 17.8 Å². The Morgan fingerprint density at radius 3 is 2.55 bits per heavy atom. The number of hydrogen-bond donors (Lipinski definition) is 0. The van der Waals surface area contributed by atoms with Crippen molar-refractivity contribution in [1.29, 1.82) is 0 Å². The summed E-state index contributed by atoms with van der Waals surface area (Å²) in [5.41, 5.74) is 2.63. The van der Waals surface area contributed by atoms with Crippen molar-refractivity contribution in [3.05, 3.63) is 64.7 Å². The molecule has 0 spiro atoms. The van der Waals surface area contributed by atoms with Gasteiger partial charge in [0.15, 0.2) is 0 Å². The number of rotatable bonds is 3. The predicted octanol–water partition coefficient (Wildman–Crippen LogP) is 4.41. The fourth-order valence-electron chi connectivity index (χ4n) is 2.71. The van der Waals surface area contributed by atoms with Gasteiger partial charge in [0.25, 0.3) is 0 Å². The third-order valence-electron chi connectivity index (χ3n) is 3.92. The predicted molar refractivity (Wildman–Crippen MR) is 92.3 cm³/mol. The minimum absolute atomic E-state index is 0.0913. The SMILES string of the molecule is CC(Sc1ccc(Cl)cc1)C(=O)N1CCc2ccccc2C1. The van der Waals surface area contributed by atoms with Crippen molar-refractivity contribution in [3.63, 3.8) is 0 Å². The zero-order valence-electron chi connectivity index (χ0n) is 12.5. The lowest BCUT2D eigenvalue weighted by atomic mass is 10.00. The molecule has 0 fully saturated rings. The van der Waals surface area contributed by atoms with Crippen molar-refractivity contribution in [2.45, 2.75) is 30.0 Å². The van der Waals surface area contributed by atoms with E-state index in [1.54, 1.807) is 11.8 Å². The van der Waals surface area contributed by atoms with E-state index in [2.05, 4.69) is 18.2 Å². The molecule has 3 rings (SSSR count). The fraction of sp³-hybridized carbons (Fsp3) is 0.278. The second kappa shape index (κ2) is 6.76. The van der Waals surface area contributed by atoms with Gasteiger partial charge in [-0.15, -0.1) is 11.8 Å². The number of hydrogen-bond acceptors (Lipinski definition) is 2. The summed E-state index contributed by atoms with van der Waals surface area (Å²) in [5.74, 6) is 0.203. The first-order chi connectivity index (χ1) is 10.6. The summed E-state index contributed by atoms with van der Waals surface area (Å²) < 4.78 is 0. The number of carbonyl (C=O) groups is 1. The van der Waals surface area contributed by atoms with Crippen molar-refractivity contribution < 1.29 is 4.79 Å². The summed E-state index contributed by atoms with van der Waals surface area (Å²) in [6.07, 6.45) is 0.945. The Morgan fingerprint density at radius 1 is 1.14 bits per heavy atom. The zero-order valence-corrected chi connectivity index (χ0v) is 14.0. The van der Waals surface area contributed by atoms with E-state index in [9.17, 15) is 4.79 Å². The number of nitrogens with zero attached hydrogens (tertiary/aromatic N) is 1. The number of carbonyl (C=O) groups excluding carboxylic acids is 1. The van der Waals surface area contributed by atoms with Crippen LogP contribution >= 0.6 is 23.4 Å². The normalized spacial score (nSPS) is 15.3. The minimum Gasteiger partial charge on any atom is -0.337 e. The average Bonchev–Trinajstić information content (AvgIpc) is 2.55. The molecule has 2 aromatic rings. The first-order valence-electron chi connectivity index (χ1n) is 7.41. The number of amides is 1. The fourth-order valence-corrected chi connectivity index (χ4v) is 3.79. The van der Waals surface area contributed by atoms with Gasteiger partial charge in [-0.1, -0.05) is 35.9 Å². The van der Waals surface area contributed by atoms with Crippen LogP contribution in [-0.4, -0.2) is 22.6 Å². The molecule has 1 aliphatic rings. The maximum atomic E-state index is 12.7. The molecule has 0 N–H and O–H groups in total. The molecule has 0 aromatic heterocycles. The van der Waals surface area contributed by atoms with E-state index in [4.69, 9.17) is 11.6 Å². The van der Waals surface area contributed by atoms with Gasteiger partial charge in [0.2, 0.25) is 5.91 Å². The smallest absolute Gasteiger partial charge is 0.236 e. The molecule has 1 unspecified atom stereocenters. The third kappa shape index (κ3) is 3.47. The topological polar surface area (TPSA) is 20.3 Å². The van der Waals surface area contributed by atoms with Gasteiger partial charge in [-0.2, -0.15) is 0 Å². The second-order valence-electron chi connectivity index (χ2n) is 5.49. The Balaban J connectivity index is 1.65. The molecule has 1 amide bonds. The van der Waals surface area contributed by atoms with Crippen molar-refractivity contribution in [2.75, 3.05) is 6.54 Å². The lowest BCUT2D eigenvalue weighted by molar-refractivity contribution is -0.131. The summed E-state index contributed by atoms with van der Waals surface area (Å²) in [6, 6.07) is 16.0. The number of fused-ring (bicyclic) bond motifs is 1. The Hall–Kier alpha value is -1.45. The molecule has 0 radical (unpaired) electrons. The Bertz CT molecular complexity index is 671. The number of thioether (sulfide) groups is 1. The standard InChI is InChI=1S/C18H18ClNOS/c1-13(22-17-8-6-16(19)7-9-17)18(21)20-11-10-14-4-2-3-5-15(14)12-20/h2-9,13H,10-12H2,1H3. The first kappa shape index (κ1) is 15.4. The van der Waals surface area contributed by atoms with Crippen molar-refractivity contribution >= 4 is 29.3 Å². The van der Waals surface area contributed by atoms with Crippen molar-refractivity contribution in [3.8, 4) is 0 Å². The Kier molecular flexibility index (Phi) is 4.74. The van der Waals surface area contributed by atoms with Crippen LogP contribution in [0.15, 0.2) is 53.4 Å². The van der Waals surface area contributed by atoms with E-state index < -0.39 is 0 Å². The molecule has 0 saturated heterocycles. The first-order valence-corrected chi connectivity index (χ1v) is 8.67. The van der Waals surface area contributed by atoms with Gasteiger partial charge in [-0.05, 0) is 48.7 Å². The second-order valence-corrected chi connectivity index (χ2v) is 7.34. The highest BCUT2D eigenvalue weighted by atomic mass is 35.5. The monoisotopic (exact) mass is 331 g/mol. The molecule has 2 aromatic carbocycles. The van der Waals surface area contributed by atoms with Crippen LogP contribution < -0.4 is 0 Å². The molecular weight excluding hydrogens is 314 g/mol. The van der Waals surface area contributed by atoms with Gasteiger partial charge < -0.3 is 4.90 Å². The van der Waals surface area contributed by atoms with Crippen LogP contribution in [0.5, 0.6) is 0 Å². The highest BCUT2D eigenvalue weighted by Gasteiger charge is 2.25. The number of benzene rings is 2. The molecule has 4 heteroatoms. The summed E-state index contributed by atoms with van der Waals surface area (Å²) in [6.45, 7) is 3.50. The van der Waals surface area contributed by atoms with Gasteiger partial charge in [0.05, 0.1) is 5.25 Å². The van der Waals surface area contributed by atoms with Gasteiger partial charge in [-0.3, -0.25) is 4.79 Å². The molecule has 2 nitrogen and oxygen atoms in total. The summed E-state index contributed by atoms with van der Waals surface area (Å²) in [7, 11) is 0. The minimum atomic E-state index is -0.0913. The van der Waals surface area contributed by atoms with Crippen LogP contribution in [0.4, 0.5) is 0 Å². The zero-order chi connectivity index (χ0) is 15.5. The quantitative estimate of drug-likeness (QED) is 0.777. The molecule has 1 heterocycles. The highest BCUT2D eigenvalue weighted by molar-refractivity contribution is 8.00. The van der Waals surface area contributed by atoms with Crippen LogP contribution in [0.3, 0.4) is 0 Å². The third-order valence-corrected chi connectivity index (χ3v) is 5.27. The van der Waals surface area contributed by atoms with Gasteiger partial charge in [0, 0.05) is 23.0 Å². The van der Waals surface area contributed by atoms with Crippen LogP contribution in [0.1, 0.15) is 18.1 Å². The maximum Gasteiger partial charge on any atom is 0.236 e. The molecule has 1 atom stereocenters. The van der Waals surface area contributed by atoms with Gasteiger partial charge >= 0.3 is 0 Å². The summed E-state index contributed by atoms with van der Waals surface area (Å²) >= 11 is 7.48. The molecular formula is C18H18ClNOS. The Labute approximate surface area is 140 Å². The number of halogens is 1. The maximum absolute atomic E-state index is 12.7. The van der Waals surface area contributed by atoms with Crippen LogP contribution in [0.2, 0.25) is 5.02 Å². The summed E-state index contributed by atoms with van der Waals surface area (Å²) in [4.78, 5) is 15.7. The van der Waals surface area contributed by atoms with E-state index in [0.29, 0.717) is 0 Å². The average molecular weight is 332 g/mol. The molecule has 0 aliphatic carbocycles. The van der Waals surface area contributed by atoms with Crippen LogP contribution in [0, 0.1) is 0 Å². The van der Waals surface area contributed by atoms with E-state index in [1.807, 2.05) is 42.2 Å². The lowest BCUT2D eigenvalue weighted by Gasteiger charge is -2.30. The van der Waals surface area contributed by atoms with Crippen molar-refractivity contribution in [1.82, 2.24) is 4.90 Å². The molecule has 1 aliphatic heterocycles. The highest BCUT2D eigenvalue weighted by Crippen LogP contribution is 2.27. The van der Waals surface area contributed by atoms with E-state index in [1.165, 1.54) is 11.1 Å².